The molecule has 0 radical (unpaired) electrons. The summed E-state index contributed by atoms with van der Waals surface area (Å²) in [7, 11) is -1.93. The van der Waals surface area contributed by atoms with Crippen molar-refractivity contribution in [3.05, 3.63) is 53.8 Å². The third kappa shape index (κ3) is 9.38. The van der Waals surface area contributed by atoms with Crippen LogP contribution in [0.15, 0.2) is 47.4 Å². The highest BCUT2D eigenvalue weighted by molar-refractivity contribution is 7.92. The van der Waals surface area contributed by atoms with Crippen LogP contribution in [0.25, 0.3) is 0 Å². The Hall–Kier alpha value is -2.73. The highest BCUT2D eigenvalue weighted by Crippen LogP contribution is 2.31. The molecule has 1 aliphatic heterocycles. The van der Waals surface area contributed by atoms with Crippen molar-refractivity contribution in [3.63, 3.8) is 0 Å². The molecule has 0 saturated heterocycles. The SMILES string of the molecule is C[C@@H]1CCCCO[C@@H](CN(C)CC2CC2)[C@H](C)CN([C@@H](C)CO)C(=O)c2cc(NS(=O)(=O)c3ccc(F)cc3)ccc2O1. The summed E-state index contributed by atoms with van der Waals surface area (Å²) in [6.45, 7) is 8.29. The largest absolute Gasteiger partial charge is 0.490 e. The van der Waals surface area contributed by atoms with Crippen LogP contribution in [0.3, 0.4) is 0 Å². The average Bonchev–Trinajstić information content (AvgIpc) is 3.78. The number of halogens is 1. The number of sulfonamides is 1. The van der Waals surface area contributed by atoms with Crippen LogP contribution in [-0.4, -0.2) is 87.4 Å². The zero-order valence-corrected chi connectivity index (χ0v) is 26.5. The highest BCUT2D eigenvalue weighted by atomic mass is 32.2. The summed E-state index contributed by atoms with van der Waals surface area (Å²) in [4.78, 5) is 18.1. The van der Waals surface area contributed by atoms with Crippen LogP contribution in [0, 0.1) is 17.7 Å². The normalized spacial score (nSPS) is 23.3. The molecule has 0 unspecified atom stereocenters. The number of aliphatic hydroxyl groups excluding tert-OH is 1. The van der Waals surface area contributed by atoms with E-state index in [4.69, 9.17) is 9.47 Å². The van der Waals surface area contributed by atoms with E-state index < -0.39 is 21.9 Å². The number of ether oxygens (including phenoxy) is 2. The Labute approximate surface area is 255 Å². The number of amides is 1. The Morgan fingerprint density at radius 1 is 1.09 bits per heavy atom. The second kappa shape index (κ2) is 14.8. The maximum absolute atomic E-state index is 14.2. The van der Waals surface area contributed by atoms with Gasteiger partial charge in [-0.1, -0.05) is 6.92 Å². The lowest BCUT2D eigenvalue weighted by Gasteiger charge is -2.36. The minimum Gasteiger partial charge on any atom is -0.490 e. The number of carbonyl (C=O) groups is 1. The molecule has 1 aliphatic carbocycles. The molecule has 4 rings (SSSR count). The number of hydrogen-bond donors (Lipinski definition) is 2. The zero-order chi connectivity index (χ0) is 31.1. The van der Waals surface area contributed by atoms with E-state index in [9.17, 15) is 22.7 Å². The molecule has 0 aromatic heterocycles. The predicted octanol–water partition coefficient (Wildman–Crippen LogP) is 4.76. The summed E-state index contributed by atoms with van der Waals surface area (Å²) < 4.78 is 54.6. The Balaban J connectivity index is 1.65. The summed E-state index contributed by atoms with van der Waals surface area (Å²) in [6, 6.07) is 8.62. The average molecular weight is 620 g/mol. The van der Waals surface area contributed by atoms with Crippen LogP contribution in [0.2, 0.25) is 0 Å². The minimum atomic E-state index is -4.04. The number of rotatable bonds is 9. The first-order valence-electron chi connectivity index (χ1n) is 15.3. The Bertz CT molecular complexity index is 1320. The molecular formula is C32H46FN3O6S. The smallest absolute Gasteiger partial charge is 0.261 e. The Morgan fingerprint density at radius 3 is 2.49 bits per heavy atom. The van der Waals surface area contributed by atoms with E-state index in [0.717, 1.165) is 50.4 Å². The van der Waals surface area contributed by atoms with Crippen LogP contribution >= 0.6 is 0 Å². The van der Waals surface area contributed by atoms with Gasteiger partial charge in [-0.2, -0.15) is 0 Å². The zero-order valence-electron chi connectivity index (χ0n) is 25.7. The Morgan fingerprint density at radius 2 is 1.81 bits per heavy atom. The lowest BCUT2D eigenvalue weighted by Crippen LogP contribution is -2.47. The monoisotopic (exact) mass is 619 g/mol. The molecule has 0 spiro atoms. The molecule has 2 N–H and O–H groups in total. The van der Waals surface area contributed by atoms with Gasteiger partial charge in [-0.3, -0.25) is 9.52 Å². The molecule has 238 valence electrons. The summed E-state index contributed by atoms with van der Waals surface area (Å²) in [5, 5.41) is 10.1. The molecule has 1 amide bonds. The lowest BCUT2D eigenvalue weighted by atomic mass is 10.0. The van der Waals surface area contributed by atoms with Crippen molar-refractivity contribution in [2.24, 2.45) is 11.8 Å². The molecule has 0 bridgehead atoms. The van der Waals surface area contributed by atoms with E-state index in [-0.39, 0.29) is 46.8 Å². The van der Waals surface area contributed by atoms with Gasteiger partial charge in [0, 0.05) is 37.8 Å². The quantitative estimate of drug-likeness (QED) is 0.417. The number of carbonyl (C=O) groups excluding carboxylic acids is 1. The second-order valence-corrected chi connectivity index (χ2v) is 13.9. The number of nitrogens with one attached hydrogen (secondary N) is 1. The van der Waals surface area contributed by atoms with E-state index in [1.54, 1.807) is 24.0 Å². The number of anilines is 1. The van der Waals surface area contributed by atoms with Gasteiger partial charge < -0.3 is 24.4 Å². The van der Waals surface area contributed by atoms with Crippen LogP contribution in [0.1, 0.15) is 63.2 Å². The van der Waals surface area contributed by atoms with Gasteiger partial charge >= 0.3 is 0 Å². The van der Waals surface area contributed by atoms with Gasteiger partial charge in [0.25, 0.3) is 15.9 Å². The van der Waals surface area contributed by atoms with Gasteiger partial charge in [0.2, 0.25) is 0 Å². The summed E-state index contributed by atoms with van der Waals surface area (Å²) in [6.07, 6.45) is 4.78. The molecule has 11 heteroatoms. The van der Waals surface area contributed by atoms with Crippen molar-refractivity contribution in [1.29, 1.82) is 0 Å². The van der Waals surface area contributed by atoms with Crippen molar-refractivity contribution in [3.8, 4) is 5.75 Å². The first-order valence-corrected chi connectivity index (χ1v) is 16.8. The molecule has 1 heterocycles. The van der Waals surface area contributed by atoms with Gasteiger partial charge in [-0.05, 0) is 101 Å². The highest BCUT2D eigenvalue weighted by Gasteiger charge is 2.31. The van der Waals surface area contributed by atoms with Crippen molar-refractivity contribution in [2.75, 3.05) is 44.6 Å². The van der Waals surface area contributed by atoms with E-state index in [1.807, 2.05) is 6.92 Å². The fourth-order valence-corrected chi connectivity index (χ4v) is 6.45. The molecule has 1 saturated carbocycles. The molecular weight excluding hydrogens is 573 g/mol. The first kappa shape index (κ1) is 33.2. The molecule has 1 fully saturated rings. The number of benzene rings is 2. The number of nitrogens with zero attached hydrogens (tertiary/aromatic N) is 2. The van der Waals surface area contributed by atoms with E-state index in [2.05, 4.69) is 23.6 Å². The molecule has 43 heavy (non-hydrogen) atoms. The summed E-state index contributed by atoms with van der Waals surface area (Å²) in [5.41, 5.74) is 0.361. The van der Waals surface area contributed by atoms with Crippen LogP contribution in [0.5, 0.6) is 5.75 Å². The fraction of sp³-hybridized carbons (Fsp3) is 0.594. The van der Waals surface area contributed by atoms with Crippen molar-refractivity contribution in [2.45, 2.75) is 76.0 Å². The van der Waals surface area contributed by atoms with Gasteiger partial charge in [0.05, 0.1) is 35.3 Å². The van der Waals surface area contributed by atoms with Gasteiger partial charge in [-0.25, -0.2) is 12.8 Å². The maximum atomic E-state index is 14.2. The minimum absolute atomic E-state index is 0.0361. The first-order chi connectivity index (χ1) is 20.5. The molecule has 9 nitrogen and oxygen atoms in total. The van der Waals surface area contributed by atoms with Crippen LogP contribution in [0.4, 0.5) is 10.1 Å². The van der Waals surface area contributed by atoms with E-state index in [1.165, 1.54) is 31.0 Å². The molecule has 2 aromatic rings. The van der Waals surface area contributed by atoms with Crippen molar-refractivity contribution >= 4 is 21.6 Å². The third-order valence-electron chi connectivity index (χ3n) is 8.19. The van der Waals surface area contributed by atoms with E-state index >= 15 is 0 Å². The standard InChI is InChI=1S/C32H46FN3O6S/c1-22-18-36(23(2)21-37)32(38)29-17-27(34-43(39,40)28-13-10-26(33)11-14-28)12-15-30(29)42-24(3)7-5-6-16-41-31(22)20-35(4)19-25-8-9-25/h10-15,17,22-25,31,34,37H,5-9,16,18-21H2,1-4H3/t22-,23+,24-,31+/m1/s1. The summed E-state index contributed by atoms with van der Waals surface area (Å²) in [5.74, 6) is 0.140. The van der Waals surface area contributed by atoms with Gasteiger partial charge in [0.15, 0.2) is 0 Å². The number of aliphatic hydroxyl groups is 1. The van der Waals surface area contributed by atoms with Gasteiger partial charge in [0.1, 0.15) is 11.6 Å². The Kier molecular flexibility index (Phi) is 11.4. The van der Waals surface area contributed by atoms with Crippen molar-refractivity contribution < 1.29 is 32.2 Å². The number of hydrogen-bond acceptors (Lipinski definition) is 7. The lowest BCUT2D eigenvalue weighted by molar-refractivity contribution is -0.0172. The fourth-order valence-electron chi connectivity index (χ4n) is 5.40. The topological polar surface area (TPSA) is 108 Å². The van der Waals surface area contributed by atoms with Crippen molar-refractivity contribution in [1.82, 2.24) is 9.80 Å². The molecule has 2 aromatic carbocycles. The van der Waals surface area contributed by atoms with Crippen LogP contribution < -0.4 is 9.46 Å². The molecule has 4 atom stereocenters. The maximum Gasteiger partial charge on any atom is 0.261 e. The van der Waals surface area contributed by atoms with Gasteiger partial charge in [-0.15, -0.1) is 0 Å². The number of likely N-dealkylation sites (N-methyl/N-ethyl adjacent to an activating group) is 1. The van der Waals surface area contributed by atoms with E-state index in [0.29, 0.717) is 18.9 Å². The summed E-state index contributed by atoms with van der Waals surface area (Å²) >= 11 is 0. The number of fused-ring (bicyclic) bond motifs is 1. The molecule has 2 aliphatic rings. The predicted molar refractivity (Wildman–Crippen MR) is 164 cm³/mol. The second-order valence-electron chi connectivity index (χ2n) is 12.2. The third-order valence-corrected chi connectivity index (χ3v) is 9.58. The van der Waals surface area contributed by atoms with Crippen LogP contribution in [-0.2, 0) is 14.8 Å².